The highest BCUT2D eigenvalue weighted by Crippen LogP contribution is 2.21. The van der Waals surface area contributed by atoms with Gasteiger partial charge in [-0.25, -0.2) is 0 Å². The van der Waals surface area contributed by atoms with Crippen molar-refractivity contribution in [2.24, 2.45) is 11.7 Å². The summed E-state index contributed by atoms with van der Waals surface area (Å²) in [5.74, 6) is 3.58. The van der Waals surface area contributed by atoms with Gasteiger partial charge in [0.2, 0.25) is 0 Å². The van der Waals surface area contributed by atoms with E-state index in [9.17, 15) is 0 Å². The predicted molar refractivity (Wildman–Crippen MR) is 47.7 cm³/mol. The molecule has 0 aliphatic heterocycles. The molecule has 1 rings (SSSR count). The van der Waals surface area contributed by atoms with Crippen LogP contribution in [0.1, 0.15) is 32.6 Å². The highest BCUT2D eigenvalue weighted by molar-refractivity contribution is 5.07. The Labute approximate surface area is 68.7 Å². The monoisotopic (exact) mass is 149 g/mol. The van der Waals surface area contributed by atoms with Gasteiger partial charge in [0.1, 0.15) is 0 Å². The molecule has 0 aromatic heterocycles. The summed E-state index contributed by atoms with van der Waals surface area (Å²) in [6.45, 7) is 2.19. The summed E-state index contributed by atoms with van der Waals surface area (Å²) in [7, 11) is 0. The second kappa shape index (κ2) is 4.08. The van der Waals surface area contributed by atoms with E-state index in [1.54, 1.807) is 0 Å². The van der Waals surface area contributed by atoms with Crippen molar-refractivity contribution in [3.05, 3.63) is 11.6 Å². The Morgan fingerprint density at radius 3 is 3.09 bits per heavy atom. The third-order valence-corrected chi connectivity index (χ3v) is 2.18. The summed E-state index contributed by atoms with van der Waals surface area (Å²) in [5, 5.41) is 0. The van der Waals surface area contributed by atoms with Crippen LogP contribution < -0.4 is 5.73 Å². The number of nitrogens with two attached hydrogens (primary N) is 1. The van der Waals surface area contributed by atoms with Gasteiger partial charge in [-0.05, 0) is 32.6 Å². The van der Waals surface area contributed by atoms with Crippen LogP contribution in [0.3, 0.4) is 0 Å². The van der Waals surface area contributed by atoms with Crippen molar-refractivity contribution in [3.8, 4) is 12.0 Å². The zero-order chi connectivity index (χ0) is 8.10. The maximum absolute atomic E-state index is 5.17. The summed E-state index contributed by atoms with van der Waals surface area (Å²) < 4.78 is 0. The van der Waals surface area contributed by atoms with Gasteiger partial charge < -0.3 is 5.73 Å². The molecule has 1 heteroatoms. The number of hydrogen-bond donors (Lipinski definition) is 1. The molecule has 0 heterocycles. The molecule has 0 saturated carbocycles. The van der Waals surface area contributed by atoms with Crippen molar-refractivity contribution < 1.29 is 0 Å². The van der Waals surface area contributed by atoms with Gasteiger partial charge in [0.05, 0.1) is 0 Å². The molecule has 0 spiro atoms. The van der Waals surface area contributed by atoms with Gasteiger partial charge >= 0.3 is 0 Å². The summed E-state index contributed by atoms with van der Waals surface area (Å²) in [6, 6.07) is 2.51. The SMILES string of the molecule is CC1=CCCC(C#CN)CC1. The molecule has 0 saturated heterocycles. The fraction of sp³-hybridized carbons (Fsp3) is 0.600. The Kier molecular flexibility index (Phi) is 3.04. The lowest BCUT2D eigenvalue weighted by atomic mass is 10.0. The molecule has 2 N–H and O–H groups in total. The first-order chi connectivity index (χ1) is 5.33. The maximum atomic E-state index is 5.17. The van der Waals surface area contributed by atoms with Crippen LogP contribution in [0.2, 0.25) is 0 Å². The third-order valence-electron chi connectivity index (χ3n) is 2.18. The van der Waals surface area contributed by atoms with Crippen molar-refractivity contribution in [1.82, 2.24) is 0 Å². The molecule has 1 nitrogen and oxygen atoms in total. The van der Waals surface area contributed by atoms with Gasteiger partial charge in [-0.3, -0.25) is 0 Å². The molecule has 60 valence electrons. The van der Waals surface area contributed by atoms with Crippen LogP contribution in [-0.4, -0.2) is 0 Å². The minimum absolute atomic E-state index is 0.536. The Bertz CT molecular complexity index is 205. The Morgan fingerprint density at radius 2 is 2.36 bits per heavy atom. The number of hydrogen-bond acceptors (Lipinski definition) is 1. The first-order valence-corrected chi connectivity index (χ1v) is 4.19. The van der Waals surface area contributed by atoms with Gasteiger partial charge in [-0.2, -0.15) is 0 Å². The van der Waals surface area contributed by atoms with Gasteiger partial charge in [-0.15, -0.1) is 0 Å². The first kappa shape index (κ1) is 8.20. The van der Waals surface area contributed by atoms with E-state index in [-0.39, 0.29) is 0 Å². The highest BCUT2D eigenvalue weighted by atomic mass is 14.5. The zero-order valence-corrected chi connectivity index (χ0v) is 7.06. The van der Waals surface area contributed by atoms with Gasteiger partial charge in [0, 0.05) is 12.0 Å². The van der Waals surface area contributed by atoms with Crippen molar-refractivity contribution in [1.29, 1.82) is 0 Å². The van der Waals surface area contributed by atoms with E-state index in [1.807, 2.05) is 0 Å². The molecule has 1 aliphatic carbocycles. The van der Waals surface area contributed by atoms with Crippen LogP contribution in [0.5, 0.6) is 0 Å². The summed E-state index contributed by atoms with van der Waals surface area (Å²) in [6.07, 6.45) is 7.05. The van der Waals surface area contributed by atoms with E-state index in [2.05, 4.69) is 25.0 Å². The molecule has 0 radical (unpaired) electrons. The lowest BCUT2D eigenvalue weighted by Gasteiger charge is -2.03. The van der Waals surface area contributed by atoms with Crippen LogP contribution in [0.25, 0.3) is 0 Å². The quantitative estimate of drug-likeness (QED) is 0.318. The standard InChI is InChI=1S/C10H15N/c1-9-3-2-4-10(6-5-9)7-8-11/h3,10H,2,4-6,11H2,1H3. The fourth-order valence-corrected chi connectivity index (χ4v) is 1.44. The average Bonchev–Trinajstić information content (AvgIpc) is 2.17. The zero-order valence-electron chi connectivity index (χ0n) is 7.06. The molecule has 0 aromatic rings. The number of rotatable bonds is 0. The molecule has 0 amide bonds. The number of allylic oxidation sites excluding steroid dienone is 2. The van der Waals surface area contributed by atoms with Gasteiger partial charge in [0.15, 0.2) is 0 Å². The molecule has 1 atom stereocenters. The molecular formula is C10H15N. The minimum atomic E-state index is 0.536. The average molecular weight is 149 g/mol. The van der Waals surface area contributed by atoms with Crippen LogP contribution in [0.15, 0.2) is 11.6 Å². The largest absolute Gasteiger partial charge is 0.359 e. The third kappa shape index (κ3) is 2.67. The minimum Gasteiger partial charge on any atom is -0.359 e. The maximum Gasteiger partial charge on any atom is 0.0227 e. The van der Waals surface area contributed by atoms with E-state index in [1.165, 1.54) is 31.3 Å². The van der Waals surface area contributed by atoms with E-state index >= 15 is 0 Å². The first-order valence-electron chi connectivity index (χ1n) is 4.19. The lowest BCUT2D eigenvalue weighted by Crippen LogP contribution is -1.95. The van der Waals surface area contributed by atoms with Crippen molar-refractivity contribution in [2.75, 3.05) is 0 Å². The molecule has 1 aliphatic rings. The Balaban J connectivity index is 2.45. The van der Waals surface area contributed by atoms with Crippen molar-refractivity contribution in [3.63, 3.8) is 0 Å². The molecular weight excluding hydrogens is 134 g/mol. The van der Waals surface area contributed by atoms with Crippen LogP contribution in [0, 0.1) is 17.9 Å². The second-order valence-electron chi connectivity index (χ2n) is 3.15. The van der Waals surface area contributed by atoms with E-state index < -0.39 is 0 Å². The summed E-state index contributed by atoms with van der Waals surface area (Å²) >= 11 is 0. The normalized spacial score (nSPS) is 24.5. The Hall–Kier alpha value is -0.900. The van der Waals surface area contributed by atoms with Crippen LogP contribution in [-0.2, 0) is 0 Å². The summed E-state index contributed by atoms with van der Waals surface area (Å²) in [5.41, 5.74) is 6.67. The van der Waals surface area contributed by atoms with Crippen molar-refractivity contribution in [2.45, 2.75) is 32.6 Å². The smallest absolute Gasteiger partial charge is 0.0227 e. The fourth-order valence-electron chi connectivity index (χ4n) is 1.44. The Morgan fingerprint density at radius 1 is 1.55 bits per heavy atom. The van der Waals surface area contributed by atoms with E-state index in [0.717, 1.165) is 0 Å². The van der Waals surface area contributed by atoms with E-state index in [4.69, 9.17) is 5.73 Å². The predicted octanol–water partition coefficient (Wildman–Crippen LogP) is 2.04. The second-order valence-corrected chi connectivity index (χ2v) is 3.15. The van der Waals surface area contributed by atoms with Gasteiger partial charge in [0.25, 0.3) is 0 Å². The molecule has 0 aromatic carbocycles. The molecule has 11 heavy (non-hydrogen) atoms. The molecule has 1 unspecified atom stereocenters. The van der Waals surface area contributed by atoms with Crippen LogP contribution >= 0.6 is 0 Å². The summed E-state index contributed by atoms with van der Waals surface area (Å²) in [4.78, 5) is 0. The van der Waals surface area contributed by atoms with Crippen LogP contribution in [0.4, 0.5) is 0 Å². The highest BCUT2D eigenvalue weighted by Gasteiger charge is 2.07. The topological polar surface area (TPSA) is 26.0 Å². The van der Waals surface area contributed by atoms with E-state index in [0.29, 0.717) is 5.92 Å². The van der Waals surface area contributed by atoms with Crippen molar-refractivity contribution >= 4 is 0 Å². The molecule has 0 bridgehead atoms. The van der Waals surface area contributed by atoms with Gasteiger partial charge in [-0.1, -0.05) is 17.6 Å². The molecule has 0 fully saturated rings. The lowest BCUT2D eigenvalue weighted by molar-refractivity contribution is 0.584.